The van der Waals surface area contributed by atoms with Crippen LogP contribution in [0.2, 0.25) is 0 Å². The third-order valence-corrected chi connectivity index (χ3v) is 2.89. The van der Waals surface area contributed by atoms with Gasteiger partial charge in [-0.1, -0.05) is 36.4 Å². The summed E-state index contributed by atoms with van der Waals surface area (Å²) in [5.41, 5.74) is 0.584. The smallest absolute Gasteiger partial charge is 0.252 e. The monoisotopic (exact) mass is 270 g/mol. The SMILES string of the molecule is CC(C)NC(=O)CNC(=O)c1cccc2ccccc12. The van der Waals surface area contributed by atoms with Crippen LogP contribution in [0.25, 0.3) is 10.8 Å². The van der Waals surface area contributed by atoms with Gasteiger partial charge < -0.3 is 10.6 Å². The average molecular weight is 270 g/mol. The van der Waals surface area contributed by atoms with Crippen molar-refractivity contribution in [2.45, 2.75) is 19.9 Å². The van der Waals surface area contributed by atoms with E-state index < -0.39 is 0 Å². The maximum atomic E-state index is 12.2. The molecule has 0 fully saturated rings. The minimum atomic E-state index is -0.235. The first kappa shape index (κ1) is 14.1. The first-order valence-corrected chi connectivity index (χ1v) is 6.63. The van der Waals surface area contributed by atoms with Gasteiger partial charge in [0.25, 0.3) is 5.91 Å². The van der Waals surface area contributed by atoms with E-state index in [1.165, 1.54) is 0 Å². The van der Waals surface area contributed by atoms with Crippen molar-refractivity contribution in [2.24, 2.45) is 0 Å². The molecule has 2 rings (SSSR count). The highest BCUT2D eigenvalue weighted by atomic mass is 16.2. The van der Waals surface area contributed by atoms with Crippen LogP contribution in [0.3, 0.4) is 0 Å². The van der Waals surface area contributed by atoms with E-state index >= 15 is 0 Å². The molecule has 2 aromatic rings. The molecule has 2 amide bonds. The lowest BCUT2D eigenvalue weighted by Gasteiger charge is -2.10. The molecule has 0 aliphatic rings. The van der Waals surface area contributed by atoms with Crippen molar-refractivity contribution in [3.05, 3.63) is 48.0 Å². The molecule has 0 aromatic heterocycles. The Morgan fingerprint density at radius 3 is 2.50 bits per heavy atom. The standard InChI is InChI=1S/C16H18N2O2/c1-11(2)18-15(19)10-17-16(20)14-9-5-7-12-6-3-4-8-13(12)14/h3-9,11H,10H2,1-2H3,(H,17,20)(H,18,19). The van der Waals surface area contributed by atoms with Crippen molar-refractivity contribution >= 4 is 22.6 Å². The second-order valence-electron chi connectivity index (χ2n) is 4.93. The molecule has 0 spiro atoms. The van der Waals surface area contributed by atoms with Crippen LogP contribution in [0.1, 0.15) is 24.2 Å². The topological polar surface area (TPSA) is 58.2 Å². The zero-order valence-electron chi connectivity index (χ0n) is 11.6. The van der Waals surface area contributed by atoms with Crippen LogP contribution in [0.5, 0.6) is 0 Å². The van der Waals surface area contributed by atoms with E-state index in [-0.39, 0.29) is 24.4 Å². The average Bonchev–Trinajstić information content (AvgIpc) is 2.43. The molecule has 2 aromatic carbocycles. The summed E-state index contributed by atoms with van der Waals surface area (Å²) in [6.45, 7) is 3.75. The number of hydrogen-bond donors (Lipinski definition) is 2. The molecule has 0 radical (unpaired) electrons. The number of carbonyl (C=O) groups excluding carboxylic acids is 2. The summed E-state index contributed by atoms with van der Waals surface area (Å²) in [4.78, 5) is 23.7. The Hall–Kier alpha value is -2.36. The summed E-state index contributed by atoms with van der Waals surface area (Å²) in [7, 11) is 0. The number of rotatable bonds is 4. The molecule has 0 atom stereocenters. The second kappa shape index (κ2) is 6.19. The summed E-state index contributed by atoms with van der Waals surface area (Å²) in [5.74, 6) is -0.422. The summed E-state index contributed by atoms with van der Waals surface area (Å²) in [5, 5.41) is 7.27. The fourth-order valence-electron chi connectivity index (χ4n) is 2.05. The molecule has 4 nitrogen and oxygen atoms in total. The maximum Gasteiger partial charge on any atom is 0.252 e. The van der Waals surface area contributed by atoms with Crippen LogP contribution in [0.4, 0.5) is 0 Å². The lowest BCUT2D eigenvalue weighted by Crippen LogP contribution is -2.39. The van der Waals surface area contributed by atoms with Gasteiger partial charge in [-0.05, 0) is 30.7 Å². The summed E-state index contributed by atoms with van der Waals surface area (Å²) >= 11 is 0. The van der Waals surface area contributed by atoms with Crippen LogP contribution >= 0.6 is 0 Å². The van der Waals surface area contributed by atoms with Crippen molar-refractivity contribution in [2.75, 3.05) is 6.54 Å². The molecule has 20 heavy (non-hydrogen) atoms. The molecule has 0 bridgehead atoms. The highest BCUT2D eigenvalue weighted by molar-refractivity contribution is 6.07. The van der Waals surface area contributed by atoms with E-state index in [4.69, 9.17) is 0 Å². The highest BCUT2D eigenvalue weighted by Gasteiger charge is 2.11. The molecular weight excluding hydrogens is 252 g/mol. The van der Waals surface area contributed by atoms with Crippen molar-refractivity contribution in [3.8, 4) is 0 Å². The van der Waals surface area contributed by atoms with Crippen LogP contribution in [-0.2, 0) is 4.79 Å². The van der Waals surface area contributed by atoms with Gasteiger partial charge in [0.15, 0.2) is 0 Å². The van der Waals surface area contributed by atoms with Crippen molar-refractivity contribution in [3.63, 3.8) is 0 Å². The van der Waals surface area contributed by atoms with Crippen LogP contribution in [0, 0.1) is 0 Å². The fourth-order valence-corrected chi connectivity index (χ4v) is 2.05. The quantitative estimate of drug-likeness (QED) is 0.893. The third kappa shape index (κ3) is 3.35. The normalized spacial score (nSPS) is 10.6. The Kier molecular flexibility index (Phi) is 4.35. The number of fused-ring (bicyclic) bond motifs is 1. The zero-order chi connectivity index (χ0) is 14.5. The lowest BCUT2D eigenvalue weighted by molar-refractivity contribution is -0.120. The Balaban J connectivity index is 2.10. The predicted molar refractivity (Wildman–Crippen MR) is 79.6 cm³/mol. The molecule has 0 heterocycles. The molecule has 0 unspecified atom stereocenters. The third-order valence-electron chi connectivity index (χ3n) is 2.89. The van der Waals surface area contributed by atoms with E-state index in [9.17, 15) is 9.59 Å². The summed E-state index contributed by atoms with van der Waals surface area (Å²) in [6, 6.07) is 13.3. The molecular formula is C16H18N2O2. The van der Waals surface area contributed by atoms with Gasteiger partial charge in [0, 0.05) is 11.6 Å². The van der Waals surface area contributed by atoms with Gasteiger partial charge in [0.1, 0.15) is 0 Å². The molecule has 0 saturated heterocycles. The van der Waals surface area contributed by atoms with Gasteiger partial charge >= 0.3 is 0 Å². The van der Waals surface area contributed by atoms with E-state index in [0.29, 0.717) is 5.56 Å². The Morgan fingerprint density at radius 2 is 1.75 bits per heavy atom. The molecule has 0 aliphatic carbocycles. The number of hydrogen-bond acceptors (Lipinski definition) is 2. The Morgan fingerprint density at radius 1 is 1.05 bits per heavy atom. The largest absolute Gasteiger partial charge is 0.352 e. The summed E-state index contributed by atoms with van der Waals surface area (Å²) < 4.78 is 0. The van der Waals surface area contributed by atoms with Crippen molar-refractivity contribution in [1.82, 2.24) is 10.6 Å². The van der Waals surface area contributed by atoms with Gasteiger partial charge in [-0.3, -0.25) is 9.59 Å². The first-order valence-electron chi connectivity index (χ1n) is 6.63. The second-order valence-corrected chi connectivity index (χ2v) is 4.93. The van der Waals surface area contributed by atoms with Crippen molar-refractivity contribution in [1.29, 1.82) is 0 Å². The van der Waals surface area contributed by atoms with Crippen LogP contribution in [-0.4, -0.2) is 24.4 Å². The molecule has 0 aliphatic heterocycles. The summed E-state index contributed by atoms with van der Waals surface area (Å²) in [6.07, 6.45) is 0. The van der Waals surface area contributed by atoms with Crippen molar-refractivity contribution < 1.29 is 9.59 Å². The first-order chi connectivity index (χ1) is 9.58. The van der Waals surface area contributed by atoms with Gasteiger partial charge in [0.05, 0.1) is 6.54 Å². The lowest BCUT2D eigenvalue weighted by atomic mass is 10.0. The number of benzene rings is 2. The molecule has 2 N–H and O–H groups in total. The number of amides is 2. The Labute approximate surface area is 118 Å². The van der Waals surface area contributed by atoms with E-state index in [2.05, 4.69) is 10.6 Å². The molecule has 104 valence electrons. The van der Waals surface area contributed by atoms with Crippen LogP contribution in [0.15, 0.2) is 42.5 Å². The van der Waals surface area contributed by atoms with E-state index in [1.807, 2.05) is 50.2 Å². The molecule has 0 saturated carbocycles. The van der Waals surface area contributed by atoms with Gasteiger partial charge in [0.2, 0.25) is 5.91 Å². The number of carbonyl (C=O) groups is 2. The van der Waals surface area contributed by atoms with E-state index in [0.717, 1.165) is 10.8 Å². The maximum absolute atomic E-state index is 12.2. The van der Waals surface area contributed by atoms with E-state index in [1.54, 1.807) is 6.07 Å². The minimum Gasteiger partial charge on any atom is -0.352 e. The van der Waals surface area contributed by atoms with Gasteiger partial charge in [-0.15, -0.1) is 0 Å². The zero-order valence-corrected chi connectivity index (χ0v) is 11.6. The van der Waals surface area contributed by atoms with Gasteiger partial charge in [-0.25, -0.2) is 0 Å². The predicted octanol–water partition coefficient (Wildman–Crippen LogP) is 2.09. The Bertz CT molecular complexity index is 630. The van der Waals surface area contributed by atoms with Crippen LogP contribution < -0.4 is 10.6 Å². The highest BCUT2D eigenvalue weighted by Crippen LogP contribution is 2.18. The minimum absolute atomic E-state index is 0.0137. The number of nitrogens with one attached hydrogen (secondary N) is 2. The fraction of sp³-hybridized carbons (Fsp3) is 0.250. The molecule has 4 heteroatoms. The van der Waals surface area contributed by atoms with Gasteiger partial charge in [-0.2, -0.15) is 0 Å².